The van der Waals surface area contributed by atoms with E-state index in [1.807, 2.05) is 13.8 Å². The summed E-state index contributed by atoms with van der Waals surface area (Å²) in [7, 11) is 0. The van der Waals surface area contributed by atoms with E-state index in [0.717, 1.165) is 61.1 Å². The molecule has 0 saturated heterocycles. The van der Waals surface area contributed by atoms with E-state index in [4.69, 9.17) is 9.68 Å². The molecule has 0 aromatic heterocycles. The molecule has 37 heavy (non-hydrogen) atoms. The molecule has 2 aromatic carbocycles. The molecule has 0 amide bonds. The number of carbonyl (C=O) groups excluding carboxylic acids is 2. The van der Waals surface area contributed by atoms with Gasteiger partial charge >= 0.3 is 11.9 Å². The highest BCUT2D eigenvalue weighted by Gasteiger charge is 2.42. The number of fused-ring (bicyclic) bond motifs is 3. The SMILES string of the molecule is CCCCC1(CCCC)c2cc(/C(CC)=N/OC(C)=O)ccc2-c2ccc(/C(CC)=N/OC(C)=O)cc21. The minimum Gasteiger partial charge on any atom is -0.318 e. The quantitative estimate of drug-likeness (QED) is 0.169. The molecule has 6 nitrogen and oxygen atoms in total. The Bertz CT molecular complexity index is 1100. The van der Waals surface area contributed by atoms with Gasteiger partial charge in [-0.15, -0.1) is 0 Å². The standard InChI is InChI=1S/C31H40N2O4/c1-7-11-17-31(18-12-8-2)27-19-23(29(9-3)32-36-21(5)34)13-15-25(27)26-16-14-24(20-28(26)31)30(10-4)33-37-22(6)35/h13-16,19-20H,7-12,17-18H2,1-6H3/b32-29+,33-30+. The Labute approximate surface area is 221 Å². The third-order valence-electron chi connectivity index (χ3n) is 7.18. The van der Waals surface area contributed by atoms with Crippen molar-refractivity contribution < 1.29 is 19.3 Å². The van der Waals surface area contributed by atoms with Gasteiger partial charge in [-0.3, -0.25) is 0 Å². The van der Waals surface area contributed by atoms with Crippen molar-refractivity contribution in [1.82, 2.24) is 0 Å². The Hall–Kier alpha value is -3.28. The van der Waals surface area contributed by atoms with E-state index < -0.39 is 11.9 Å². The largest absolute Gasteiger partial charge is 0.331 e. The van der Waals surface area contributed by atoms with Crippen molar-refractivity contribution >= 4 is 23.4 Å². The molecule has 0 N–H and O–H groups in total. The first-order chi connectivity index (χ1) is 17.8. The Morgan fingerprint density at radius 2 is 1.11 bits per heavy atom. The summed E-state index contributed by atoms with van der Waals surface area (Å²) in [6.07, 6.45) is 7.85. The van der Waals surface area contributed by atoms with Crippen molar-refractivity contribution in [2.75, 3.05) is 0 Å². The van der Waals surface area contributed by atoms with Crippen LogP contribution in [0.2, 0.25) is 0 Å². The highest BCUT2D eigenvalue weighted by molar-refractivity contribution is 6.03. The molecule has 1 aliphatic carbocycles. The van der Waals surface area contributed by atoms with Gasteiger partial charge in [-0.2, -0.15) is 0 Å². The number of benzene rings is 2. The molecule has 0 spiro atoms. The first kappa shape index (κ1) is 28.3. The molecule has 0 radical (unpaired) electrons. The van der Waals surface area contributed by atoms with Crippen LogP contribution in [0.25, 0.3) is 11.1 Å². The Morgan fingerprint density at radius 1 is 0.703 bits per heavy atom. The van der Waals surface area contributed by atoms with Gasteiger partial charge in [-0.05, 0) is 71.2 Å². The summed E-state index contributed by atoms with van der Waals surface area (Å²) in [5.74, 6) is -0.844. The fraction of sp³-hybridized carbons (Fsp3) is 0.484. The summed E-state index contributed by atoms with van der Waals surface area (Å²) < 4.78 is 0. The number of carbonyl (C=O) groups is 2. The maximum atomic E-state index is 11.4. The van der Waals surface area contributed by atoms with Crippen LogP contribution in [0.1, 0.15) is 115 Å². The van der Waals surface area contributed by atoms with Crippen LogP contribution in [0.5, 0.6) is 0 Å². The molecule has 0 unspecified atom stereocenters. The normalized spacial score (nSPS) is 14.2. The fourth-order valence-corrected chi connectivity index (χ4v) is 5.36. The van der Waals surface area contributed by atoms with Gasteiger partial charge in [0.15, 0.2) is 0 Å². The van der Waals surface area contributed by atoms with E-state index in [9.17, 15) is 9.59 Å². The van der Waals surface area contributed by atoms with Crippen LogP contribution in [-0.4, -0.2) is 23.4 Å². The van der Waals surface area contributed by atoms with Gasteiger partial charge in [-0.25, -0.2) is 9.59 Å². The van der Waals surface area contributed by atoms with Crippen molar-refractivity contribution in [3.63, 3.8) is 0 Å². The molecule has 1 aliphatic rings. The minimum atomic E-state index is -0.422. The Morgan fingerprint density at radius 3 is 1.43 bits per heavy atom. The van der Waals surface area contributed by atoms with E-state index >= 15 is 0 Å². The van der Waals surface area contributed by atoms with Crippen molar-refractivity contribution in [2.24, 2.45) is 10.3 Å². The Kier molecular flexibility index (Phi) is 9.79. The number of nitrogens with zero attached hydrogens (tertiary/aromatic N) is 2. The van der Waals surface area contributed by atoms with Gasteiger partial charge in [0.25, 0.3) is 0 Å². The molecule has 0 fully saturated rings. The van der Waals surface area contributed by atoms with Crippen LogP contribution in [0, 0.1) is 0 Å². The van der Waals surface area contributed by atoms with Gasteiger partial charge in [0.1, 0.15) is 0 Å². The van der Waals surface area contributed by atoms with Crippen molar-refractivity contribution in [1.29, 1.82) is 0 Å². The highest BCUT2D eigenvalue weighted by Crippen LogP contribution is 2.54. The first-order valence-electron chi connectivity index (χ1n) is 13.6. The van der Waals surface area contributed by atoms with E-state index in [2.05, 4.69) is 60.6 Å². The van der Waals surface area contributed by atoms with Gasteiger partial charge in [0.2, 0.25) is 0 Å². The van der Waals surface area contributed by atoms with E-state index in [-0.39, 0.29) is 5.41 Å². The van der Waals surface area contributed by atoms with Crippen LogP contribution in [-0.2, 0) is 24.7 Å². The van der Waals surface area contributed by atoms with Crippen LogP contribution in [0.15, 0.2) is 46.7 Å². The third kappa shape index (κ3) is 6.17. The smallest absolute Gasteiger partial charge is 0.318 e. The number of hydrogen-bond donors (Lipinski definition) is 0. The lowest BCUT2D eigenvalue weighted by atomic mass is 9.70. The molecule has 0 bridgehead atoms. The topological polar surface area (TPSA) is 77.3 Å². The molecule has 0 saturated carbocycles. The summed E-state index contributed by atoms with van der Waals surface area (Å²) in [6.45, 7) is 11.2. The molecule has 3 rings (SSSR count). The third-order valence-corrected chi connectivity index (χ3v) is 7.18. The maximum Gasteiger partial charge on any atom is 0.331 e. The lowest BCUT2D eigenvalue weighted by Crippen LogP contribution is -2.26. The average molecular weight is 505 g/mol. The summed E-state index contributed by atoms with van der Waals surface area (Å²) in [4.78, 5) is 32.8. The summed E-state index contributed by atoms with van der Waals surface area (Å²) in [5, 5.41) is 8.30. The number of unbranched alkanes of at least 4 members (excludes halogenated alkanes) is 2. The molecular formula is C31H40N2O4. The number of rotatable bonds is 12. The second-order valence-electron chi connectivity index (χ2n) is 9.76. The average Bonchev–Trinajstić information content (AvgIpc) is 3.15. The van der Waals surface area contributed by atoms with Crippen LogP contribution in [0.3, 0.4) is 0 Å². The van der Waals surface area contributed by atoms with Crippen molar-refractivity contribution in [3.8, 4) is 11.1 Å². The molecule has 0 aliphatic heterocycles. The van der Waals surface area contributed by atoms with Gasteiger partial charge in [0.05, 0.1) is 11.4 Å². The predicted octanol–water partition coefficient (Wildman–Crippen LogP) is 7.69. The van der Waals surface area contributed by atoms with E-state index in [0.29, 0.717) is 12.8 Å². The van der Waals surface area contributed by atoms with Crippen molar-refractivity contribution in [2.45, 2.75) is 98.3 Å². The van der Waals surface area contributed by atoms with E-state index in [1.54, 1.807) is 0 Å². The molecular weight excluding hydrogens is 464 g/mol. The maximum absolute atomic E-state index is 11.4. The Balaban J connectivity index is 2.23. The fourth-order valence-electron chi connectivity index (χ4n) is 5.36. The van der Waals surface area contributed by atoms with Crippen LogP contribution >= 0.6 is 0 Å². The van der Waals surface area contributed by atoms with Crippen LogP contribution in [0.4, 0.5) is 0 Å². The molecule has 198 valence electrons. The molecule has 0 atom stereocenters. The molecule has 2 aromatic rings. The lowest BCUT2D eigenvalue weighted by molar-refractivity contribution is -0.141. The summed E-state index contributed by atoms with van der Waals surface area (Å²) in [6, 6.07) is 13.1. The molecule has 6 heteroatoms. The second-order valence-corrected chi connectivity index (χ2v) is 9.76. The monoisotopic (exact) mass is 504 g/mol. The van der Waals surface area contributed by atoms with Gasteiger partial charge < -0.3 is 9.68 Å². The summed E-state index contributed by atoms with van der Waals surface area (Å²) >= 11 is 0. The zero-order valence-corrected chi connectivity index (χ0v) is 23.1. The van der Waals surface area contributed by atoms with Gasteiger partial charge in [-0.1, -0.05) is 88.0 Å². The number of oxime groups is 2. The zero-order valence-electron chi connectivity index (χ0n) is 23.1. The first-order valence-corrected chi connectivity index (χ1v) is 13.6. The minimum absolute atomic E-state index is 0.136. The van der Waals surface area contributed by atoms with Crippen LogP contribution < -0.4 is 0 Å². The highest BCUT2D eigenvalue weighted by atomic mass is 16.7. The van der Waals surface area contributed by atoms with Crippen molar-refractivity contribution in [3.05, 3.63) is 58.7 Å². The predicted molar refractivity (Wildman–Crippen MR) is 149 cm³/mol. The molecule has 0 heterocycles. The lowest BCUT2D eigenvalue weighted by Gasteiger charge is -2.33. The van der Waals surface area contributed by atoms with Gasteiger partial charge in [0, 0.05) is 19.3 Å². The second kappa shape index (κ2) is 12.8. The summed E-state index contributed by atoms with van der Waals surface area (Å²) in [5.41, 5.74) is 8.48. The zero-order chi connectivity index (χ0) is 27.0. The van der Waals surface area contributed by atoms with E-state index in [1.165, 1.54) is 36.1 Å². The number of hydrogen-bond acceptors (Lipinski definition) is 6.